The summed E-state index contributed by atoms with van der Waals surface area (Å²) in [5, 5.41) is 18.7. The second-order valence-electron chi connectivity index (χ2n) is 6.39. The Morgan fingerprint density at radius 2 is 2.12 bits per heavy atom. The fourth-order valence-corrected chi connectivity index (χ4v) is 3.41. The van der Waals surface area contributed by atoms with Crippen LogP contribution in [0.1, 0.15) is 49.4 Å². The summed E-state index contributed by atoms with van der Waals surface area (Å²) >= 11 is 0. The summed E-state index contributed by atoms with van der Waals surface area (Å²) in [6.45, 7) is 2.20. The van der Waals surface area contributed by atoms with E-state index in [2.05, 4.69) is 15.5 Å². The third-order valence-electron chi connectivity index (χ3n) is 4.75. The molecule has 0 amide bonds. The van der Waals surface area contributed by atoms with E-state index in [0.717, 1.165) is 31.2 Å². The normalized spacial score (nSPS) is 16.6. The Labute approximate surface area is 145 Å². The Morgan fingerprint density at radius 3 is 2.72 bits per heavy atom. The van der Waals surface area contributed by atoms with Crippen LogP contribution in [0.5, 0.6) is 5.75 Å². The molecule has 0 aliphatic heterocycles. The van der Waals surface area contributed by atoms with Gasteiger partial charge in [-0.1, -0.05) is 24.4 Å². The zero-order valence-corrected chi connectivity index (χ0v) is 14.4. The van der Waals surface area contributed by atoms with E-state index in [4.69, 9.17) is 9.26 Å². The van der Waals surface area contributed by atoms with Crippen molar-refractivity contribution in [1.29, 1.82) is 0 Å². The number of nitrogens with one attached hydrogen (secondary N) is 1. The van der Waals surface area contributed by atoms with Crippen molar-refractivity contribution in [3.05, 3.63) is 45.6 Å². The fourth-order valence-electron chi connectivity index (χ4n) is 3.41. The lowest BCUT2D eigenvalue weighted by Gasteiger charge is -2.35. The number of nitrogens with zero attached hydrogens (tertiary/aromatic N) is 3. The summed E-state index contributed by atoms with van der Waals surface area (Å²) in [7, 11) is 1.56. The maximum absolute atomic E-state index is 11.1. The standard InChI is InChI=1S/C17H22N4O4/c1-12-19-16(20-25-12)17(8-4-3-5-9-17)18-11-13-10-14(21(22)23)6-7-15(13)24-2/h6-7,10,18H,3-5,8-9,11H2,1-2H3. The van der Waals surface area contributed by atoms with Gasteiger partial charge in [-0.3, -0.25) is 10.1 Å². The summed E-state index contributed by atoms with van der Waals surface area (Å²) in [6.07, 6.45) is 5.14. The van der Waals surface area contributed by atoms with Gasteiger partial charge in [0, 0.05) is 31.2 Å². The van der Waals surface area contributed by atoms with Crippen LogP contribution in [0.4, 0.5) is 5.69 Å². The van der Waals surface area contributed by atoms with Crippen LogP contribution in [-0.4, -0.2) is 22.2 Å². The van der Waals surface area contributed by atoms with Crippen LogP contribution in [0.15, 0.2) is 22.7 Å². The molecule has 1 aromatic carbocycles. The largest absolute Gasteiger partial charge is 0.496 e. The number of benzene rings is 1. The molecule has 1 aromatic heterocycles. The maximum Gasteiger partial charge on any atom is 0.270 e. The minimum atomic E-state index is -0.401. The molecule has 2 aromatic rings. The predicted octanol–water partition coefficient (Wildman–Crippen LogP) is 3.24. The van der Waals surface area contributed by atoms with Crippen molar-refractivity contribution >= 4 is 5.69 Å². The molecule has 0 atom stereocenters. The van der Waals surface area contributed by atoms with Crippen molar-refractivity contribution < 1.29 is 14.2 Å². The minimum Gasteiger partial charge on any atom is -0.496 e. The molecule has 1 saturated carbocycles. The number of ether oxygens (including phenoxy) is 1. The van der Waals surface area contributed by atoms with Crippen molar-refractivity contribution in [2.24, 2.45) is 0 Å². The van der Waals surface area contributed by atoms with Crippen LogP contribution in [0, 0.1) is 17.0 Å². The van der Waals surface area contributed by atoms with Gasteiger partial charge in [-0.15, -0.1) is 0 Å². The van der Waals surface area contributed by atoms with E-state index < -0.39 is 4.92 Å². The van der Waals surface area contributed by atoms with Gasteiger partial charge in [0.2, 0.25) is 5.89 Å². The molecule has 0 radical (unpaired) electrons. The van der Waals surface area contributed by atoms with Gasteiger partial charge in [-0.05, 0) is 18.9 Å². The second-order valence-corrected chi connectivity index (χ2v) is 6.39. The molecule has 0 spiro atoms. The summed E-state index contributed by atoms with van der Waals surface area (Å²) < 4.78 is 10.5. The maximum atomic E-state index is 11.1. The molecule has 1 N–H and O–H groups in total. The summed E-state index contributed by atoms with van der Waals surface area (Å²) in [4.78, 5) is 15.1. The molecule has 8 nitrogen and oxygen atoms in total. The van der Waals surface area contributed by atoms with Gasteiger partial charge in [0.05, 0.1) is 17.6 Å². The van der Waals surface area contributed by atoms with Crippen molar-refractivity contribution in [3.8, 4) is 5.75 Å². The molecule has 1 aliphatic rings. The lowest BCUT2D eigenvalue weighted by Crippen LogP contribution is -2.44. The number of non-ortho nitro benzene ring substituents is 1. The van der Waals surface area contributed by atoms with E-state index in [-0.39, 0.29) is 11.2 Å². The zero-order valence-electron chi connectivity index (χ0n) is 14.4. The Morgan fingerprint density at radius 1 is 1.36 bits per heavy atom. The number of aromatic nitrogens is 2. The number of hydrogen-bond donors (Lipinski definition) is 1. The molecule has 0 unspecified atom stereocenters. The van der Waals surface area contributed by atoms with E-state index in [1.165, 1.54) is 12.5 Å². The van der Waals surface area contributed by atoms with E-state index in [1.54, 1.807) is 26.2 Å². The van der Waals surface area contributed by atoms with Gasteiger partial charge in [0.1, 0.15) is 5.75 Å². The van der Waals surface area contributed by atoms with Crippen molar-refractivity contribution in [3.63, 3.8) is 0 Å². The van der Waals surface area contributed by atoms with Gasteiger partial charge in [0.25, 0.3) is 5.69 Å². The van der Waals surface area contributed by atoms with Crippen molar-refractivity contribution in [1.82, 2.24) is 15.5 Å². The molecule has 0 saturated heterocycles. The Balaban J connectivity index is 1.86. The van der Waals surface area contributed by atoms with Crippen LogP contribution in [-0.2, 0) is 12.1 Å². The number of nitro benzene ring substituents is 1. The van der Waals surface area contributed by atoms with Crippen LogP contribution < -0.4 is 10.1 Å². The minimum absolute atomic E-state index is 0.0469. The molecule has 1 fully saturated rings. The van der Waals surface area contributed by atoms with Gasteiger partial charge >= 0.3 is 0 Å². The zero-order chi connectivity index (χ0) is 17.9. The smallest absolute Gasteiger partial charge is 0.270 e. The van der Waals surface area contributed by atoms with Gasteiger partial charge < -0.3 is 14.6 Å². The van der Waals surface area contributed by atoms with Crippen molar-refractivity contribution in [2.45, 2.75) is 51.1 Å². The van der Waals surface area contributed by atoms with Crippen LogP contribution in [0.2, 0.25) is 0 Å². The second kappa shape index (κ2) is 7.18. The first-order chi connectivity index (χ1) is 12.0. The third kappa shape index (κ3) is 3.63. The number of methoxy groups -OCH3 is 1. The van der Waals surface area contributed by atoms with E-state index in [9.17, 15) is 10.1 Å². The van der Waals surface area contributed by atoms with Crippen molar-refractivity contribution in [2.75, 3.05) is 7.11 Å². The highest BCUT2D eigenvalue weighted by Gasteiger charge is 2.38. The van der Waals surface area contributed by atoms with Crippen LogP contribution >= 0.6 is 0 Å². The highest BCUT2D eigenvalue weighted by Crippen LogP contribution is 2.36. The average molecular weight is 346 g/mol. The molecule has 3 rings (SSSR count). The molecule has 1 heterocycles. The lowest BCUT2D eigenvalue weighted by molar-refractivity contribution is -0.384. The number of hydrogen-bond acceptors (Lipinski definition) is 7. The molecule has 8 heteroatoms. The van der Waals surface area contributed by atoms with E-state index >= 15 is 0 Å². The monoisotopic (exact) mass is 346 g/mol. The number of nitro groups is 1. The summed E-state index contributed by atoms with van der Waals surface area (Å²) in [5.41, 5.74) is 0.415. The molecule has 1 aliphatic carbocycles. The Hall–Kier alpha value is -2.48. The third-order valence-corrected chi connectivity index (χ3v) is 4.75. The van der Waals surface area contributed by atoms with Gasteiger partial charge in [-0.2, -0.15) is 4.98 Å². The first-order valence-electron chi connectivity index (χ1n) is 8.41. The summed E-state index contributed by atoms with van der Waals surface area (Å²) in [5.74, 6) is 1.82. The Kier molecular flexibility index (Phi) is 4.98. The molecule has 25 heavy (non-hydrogen) atoms. The molecule has 0 bridgehead atoms. The topological polar surface area (TPSA) is 103 Å². The summed E-state index contributed by atoms with van der Waals surface area (Å²) in [6, 6.07) is 4.62. The van der Waals surface area contributed by atoms with Crippen LogP contribution in [0.3, 0.4) is 0 Å². The highest BCUT2D eigenvalue weighted by atomic mass is 16.6. The lowest BCUT2D eigenvalue weighted by atomic mass is 9.81. The van der Waals surface area contributed by atoms with Gasteiger partial charge in [-0.25, -0.2) is 0 Å². The quantitative estimate of drug-likeness (QED) is 0.632. The number of aryl methyl sites for hydroxylation is 1. The van der Waals surface area contributed by atoms with E-state index in [0.29, 0.717) is 24.0 Å². The van der Waals surface area contributed by atoms with Crippen LogP contribution in [0.25, 0.3) is 0 Å². The highest BCUT2D eigenvalue weighted by molar-refractivity contribution is 5.43. The fraction of sp³-hybridized carbons (Fsp3) is 0.529. The predicted molar refractivity (Wildman–Crippen MR) is 90.3 cm³/mol. The number of rotatable bonds is 6. The molecule has 134 valence electrons. The first kappa shape index (κ1) is 17.3. The molecular formula is C17H22N4O4. The van der Waals surface area contributed by atoms with Gasteiger partial charge in [0.15, 0.2) is 5.82 Å². The molecular weight excluding hydrogens is 324 g/mol. The first-order valence-corrected chi connectivity index (χ1v) is 8.41. The average Bonchev–Trinajstić information content (AvgIpc) is 3.07. The SMILES string of the molecule is COc1ccc([N+](=O)[O-])cc1CNC1(c2noc(C)n2)CCCCC1. The Bertz CT molecular complexity index is 753. The van der Waals surface area contributed by atoms with E-state index in [1.807, 2.05) is 0 Å².